The summed E-state index contributed by atoms with van der Waals surface area (Å²) in [4.78, 5) is 0. The minimum Gasteiger partial charge on any atom is -0.504 e. The van der Waals surface area contributed by atoms with Gasteiger partial charge in [-0.15, -0.1) is 0 Å². The Balaban J connectivity index is 3.17. The number of aromatic hydroxyl groups is 2. The Morgan fingerprint density at radius 3 is 2.22 bits per heavy atom. The molecule has 0 saturated carbocycles. The first kappa shape index (κ1) is 5.75. The molecule has 0 bridgehead atoms. The van der Waals surface area contributed by atoms with E-state index in [-0.39, 0.29) is 17.2 Å². The lowest BCUT2D eigenvalue weighted by Crippen LogP contribution is -1.65. The van der Waals surface area contributed by atoms with Crippen LogP contribution < -0.4 is 0 Å². The van der Waals surface area contributed by atoms with Gasteiger partial charge in [-0.25, -0.2) is 0 Å². The van der Waals surface area contributed by atoms with Crippen molar-refractivity contribution in [2.45, 2.75) is 0 Å². The number of rotatable bonds is 0. The summed E-state index contributed by atoms with van der Waals surface area (Å²) >= 11 is 0. The lowest BCUT2D eigenvalue weighted by atomic mass is 10.3. The lowest BCUT2D eigenvalue weighted by molar-refractivity contribution is 0.346. The fraction of sp³-hybridized carbons (Fsp3) is 0. The summed E-state index contributed by atoms with van der Waals surface area (Å²) in [5.74, 6) is -0.956. The molecular formula is C6H5O3. The molecule has 3 nitrogen and oxygen atoms in total. The van der Waals surface area contributed by atoms with Crippen LogP contribution in [0.4, 0.5) is 0 Å². The molecule has 9 heavy (non-hydrogen) atoms. The van der Waals surface area contributed by atoms with E-state index in [0.717, 1.165) is 12.1 Å². The predicted octanol–water partition coefficient (Wildman–Crippen LogP) is 1.24. The highest BCUT2D eigenvalue weighted by Crippen LogP contribution is 2.27. The molecule has 0 aliphatic rings. The largest absolute Gasteiger partial charge is 0.504 e. The molecule has 0 saturated heterocycles. The van der Waals surface area contributed by atoms with E-state index in [9.17, 15) is 5.11 Å². The van der Waals surface area contributed by atoms with E-state index >= 15 is 0 Å². The summed E-state index contributed by atoms with van der Waals surface area (Å²) in [7, 11) is 0. The van der Waals surface area contributed by atoms with Gasteiger partial charge in [0.25, 0.3) is 0 Å². The van der Waals surface area contributed by atoms with Crippen LogP contribution >= 0.6 is 0 Å². The topological polar surface area (TPSA) is 60.4 Å². The normalized spacial score (nSPS) is 9.33. The van der Waals surface area contributed by atoms with Crippen LogP contribution in [0.2, 0.25) is 0 Å². The molecule has 47 valence electrons. The van der Waals surface area contributed by atoms with Gasteiger partial charge in [0.1, 0.15) is 0 Å². The Morgan fingerprint density at radius 2 is 1.78 bits per heavy atom. The maximum absolute atomic E-state index is 10.4. The van der Waals surface area contributed by atoms with E-state index in [1.54, 1.807) is 0 Å². The molecule has 1 rings (SSSR count). The fourth-order valence-corrected chi connectivity index (χ4v) is 0.503. The van der Waals surface area contributed by atoms with Crippen molar-refractivity contribution < 1.29 is 15.3 Å². The molecule has 3 heteroatoms. The minimum absolute atomic E-state index is 0.269. The van der Waals surface area contributed by atoms with Crippen LogP contribution in [0.25, 0.3) is 0 Å². The van der Waals surface area contributed by atoms with E-state index in [2.05, 4.69) is 0 Å². The molecule has 0 unspecified atom stereocenters. The average Bonchev–Trinajstić information content (AvgIpc) is 1.80. The first-order valence-corrected chi connectivity index (χ1v) is 2.39. The predicted molar refractivity (Wildman–Crippen MR) is 29.9 cm³/mol. The highest BCUT2D eigenvalue weighted by Gasteiger charge is 1.98. The Labute approximate surface area is 51.8 Å². The number of hydrogen-bond acceptors (Lipinski definition) is 2. The Bertz CT molecular complexity index is 220. The smallest absolute Gasteiger partial charge is 0.182 e. The first-order valence-electron chi connectivity index (χ1n) is 2.39. The van der Waals surface area contributed by atoms with Gasteiger partial charge in [-0.1, -0.05) is 0 Å². The molecule has 0 atom stereocenters. The van der Waals surface area contributed by atoms with E-state index in [1.165, 1.54) is 6.07 Å². The van der Waals surface area contributed by atoms with E-state index < -0.39 is 0 Å². The van der Waals surface area contributed by atoms with Crippen molar-refractivity contribution in [1.82, 2.24) is 0 Å². The molecule has 0 aliphatic carbocycles. The molecule has 1 aromatic carbocycles. The van der Waals surface area contributed by atoms with Gasteiger partial charge in [0.15, 0.2) is 17.2 Å². The zero-order chi connectivity index (χ0) is 6.85. The van der Waals surface area contributed by atoms with Gasteiger partial charge >= 0.3 is 0 Å². The Hall–Kier alpha value is -1.38. The van der Waals surface area contributed by atoms with Crippen LogP contribution in [0.15, 0.2) is 18.2 Å². The molecular weight excluding hydrogens is 120 g/mol. The van der Waals surface area contributed by atoms with Gasteiger partial charge in [0, 0.05) is 6.07 Å². The molecule has 0 amide bonds. The Morgan fingerprint density at radius 1 is 1.11 bits per heavy atom. The average molecular weight is 125 g/mol. The monoisotopic (exact) mass is 125 g/mol. The van der Waals surface area contributed by atoms with Crippen molar-refractivity contribution in [3.8, 4) is 17.2 Å². The van der Waals surface area contributed by atoms with Crippen molar-refractivity contribution >= 4 is 0 Å². The van der Waals surface area contributed by atoms with E-state index in [1.807, 2.05) is 0 Å². The second-order valence-corrected chi connectivity index (χ2v) is 1.65. The second-order valence-electron chi connectivity index (χ2n) is 1.65. The van der Waals surface area contributed by atoms with Crippen molar-refractivity contribution in [2.75, 3.05) is 0 Å². The zero-order valence-corrected chi connectivity index (χ0v) is 4.53. The van der Waals surface area contributed by atoms with Crippen molar-refractivity contribution in [2.24, 2.45) is 0 Å². The maximum atomic E-state index is 10.4. The van der Waals surface area contributed by atoms with Crippen LogP contribution in [0, 0.1) is 0 Å². The van der Waals surface area contributed by atoms with Crippen molar-refractivity contribution in [3.05, 3.63) is 18.2 Å². The summed E-state index contributed by atoms with van der Waals surface area (Å²) in [5.41, 5.74) is 0. The Kier molecular flexibility index (Phi) is 1.18. The van der Waals surface area contributed by atoms with Crippen LogP contribution in [-0.2, 0) is 5.11 Å². The summed E-state index contributed by atoms with van der Waals surface area (Å²) < 4.78 is 0. The second kappa shape index (κ2) is 1.85. The van der Waals surface area contributed by atoms with Gasteiger partial charge < -0.3 is 10.2 Å². The molecule has 1 aromatic rings. The van der Waals surface area contributed by atoms with Gasteiger partial charge in [0.05, 0.1) is 0 Å². The van der Waals surface area contributed by atoms with Crippen LogP contribution in [0.1, 0.15) is 0 Å². The molecule has 0 spiro atoms. The van der Waals surface area contributed by atoms with Gasteiger partial charge in [-0.3, -0.25) is 5.11 Å². The fourth-order valence-electron chi connectivity index (χ4n) is 0.503. The summed E-state index contributed by atoms with van der Waals surface area (Å²) in [6.07, 6.45) is 0. The maximum Gasteiger partial charge on any atom is 0.182 e. The molecule has 0 fully saturated rings. The molecule has 1 radical (unpaired) electrons. The summed E-state index contributed by atoms with van der Waals surface area (Å²) in [6, 6.07) is 3.28. The third-order valence-corrected chi connectivity index (χ3v) is 0.947. The highest BCUT2D eigenvalue weighted by molar-refractivity contribution is 5.42. The highest BCUT2D eigenvalue weighted by atomic mass is 16.3. The van der Waals surface area contributed by atoms with Gasteiger partial charge in [-0.2, -0.15) is 0 Å². The van der Waals surface area contributed by atoms with Crippen LogP contribution in [0.5, 0.6) is 17.2 Å². The molecule has 0 heterocycles. The number of phenols is 2. The molecule has 0 aromatic heterocycles. The van der Waals surface area contributed by atoms with Crippen LogP contribution in [-0.4, -0.2) is 10.2 Å². The summed E-state index contributed by atoms with van der Waals surface area (Å²) in [5, 5.41) is 27.7. The SMILES string of the molecule is [O]c1ccc(O)c(O)c1. The molecule has 2 N–H and O–H groups in total. The van der Waals surface area contributed by atoms with Gasteiger partial charge in [0.2, 0.25) is 0 Å². The van der Waals surface area contributed by atoms with E-state index in [0.29, 0.717) is 0 Å². The third kappa shape index (κ3) is 1.05. The standard InChI is InChI=1S/C6H5O3/c7-4-1-2-5(8)6(9)3-4/h1-3,8-9H. The first-order chi connectivity index (χ1) is 4.20. The summed E-state index contributed by atoms with van der Waals surface area (Å²) in [6.45, 7) is 0. The van der Waals surface area contributed by atoms with Crippen LogP contribution in [0.3, 0.4) is 0 Å². The van der Waals surface area contributed by atoms with Crippen molar-refractivity contribution in [3.63, 3.8) is 0 Å². The third-order valence-electron chi connectivity index (χ3n) is 0.947. The number of hydrogen-bond donors (Lipinski definition) is 2. The number of benzene rings is 1. The van der Waals surface area contributed by atoms with Gasteiger partial charge in [-0.05, 0) is 12.1 Å². The minimum atomic E-state index is -0.373. The van der Waals surface area contributed by atoms with E-state index in [4.69, 9.17) is 10.2 Å². The lowest BCUT2D eigenvalue weighted by Gasteiger charge is -1.93. The van der Waals surface area contributed by atoms with Crippen molar-refractivity contribution in [1.29, 1.82) is 0 Å². The molecule has 0 aliphatic heterocycles. The zero-order valence-electron chi connectivity index (χ0n) is 4.53. The quantitative estimate of drug-likeness (QED) is 0.512. The number of phenolic OH excluding ortho intramolecular Hbond substituents is 2.